The van der Waals surface area contributed by atoms with Crippen molar-refractivity contribution in [2.45, 2.75) is 19.0 Å². The van der Waals surface area contributed by atoms with E-state index in [4.69, 9.17) is 14.7 Å². The van der Waals surface area contributed by atoms with Crippen LogP contribution >= 0.6 is 12.4 Å². The van der Waals surface area contributed by atoms with Gasteiger partial charge in [0, 0.05) is 19.0 Å². The monoisotopic (exact) mass is 362 g/mol. The summed E-state index contributed by atoms with van der Waals surface area (Å²) in [4.78, 5) is 18.1. The molecule has 0 radical (unpaired) electrons. The van der Waals surface area contributed by atoms with Crippen molar-refractivity contribution >= 4 is 18.3 Å². The predicted octanol–water partition coefficient (Wildman–Crippen LogP) is 2.28. The molecule has 0 unspecified atom stereocenters. The van der Waals surface area contributed by atoms with Gasteiger partial charge in [0.2, 0.25) is 17.6 Å². The lowest BCUT2D eigenvalue weighted by Gasteiger charge is -2.18. The molecule has 0 aliphatic carbocycles. The maximum absolute atomic E-state index is 12.3. The average molecular weight is 363 g/mol. The van der Waals surface area contributed by atoms with Crippen molar-refractivity contribution in [3.8, 4) is 11.4 Å². The minimum atomic E-state index is -0.683. The van der Waals surface area contributed by atoms with Gasteiger partial charge in [0.1, 0.15) is 5.76 Å². The van der Waals surface area contributed by atoms with Crippen LogP contribution in [0.3, 0.4) is 0 Å². The van der Waals surface area contributed by atoms with Gasteiger partial charge in [-0.3, -0.25) is 4.79 Å². The molecule has 3 aromatic rings. The van der Waals surface area contributed by atoms with E-state index in [1.54, 1.807) is 25.4 Å². The highest BCUT2D eigenvalue weighted by molar-refractivity contribution is 5.85. The molecule has 0 saturated carbocycles. The van der Waals surface area contributed by atoms with E-state index in [-0.39, 0.29) is 24.9 Å². The minimum Gasteiger partial charge on any atom is -0.469 e. The molecule has 0 fully saturated rings. The topological polar surface area (TPSA) is 98.4 Å². The maximum Gasteiger partial charge on any atom is 0.246 e. The molecule has 0 bridgehead atoms. The van der Waals surface area contributed by atoms with Crippen molar-refractivity contribution in [3.05, 3.63) is 60.4 Å². The Hall–Kier alpha value is -2.64. The maximum atomic E-state index is 12.3. The van der Waals surface area contributed by atoms with E-state index in [0.717, 1.165) is 5.56 Å². The Kier molecular flexibility index (Phi) is 6.32. The largest absolute Gasteiger partial charge is 0.469 e. The van der Waals surface area contributed by atoms with Gasteiger partial charge in [0.05, 0.1) is 18.8 Å². The van der Waals surface area contributed by atoms with Crippen LogP contribution in [0.5, 0.6) is 0 Å². The van der Waals surface area contributed by atoms with E-state index in [9.17, 15) is 4.79 Å². The van der Waals surface area contributed by atoms with Gasteiger partial charge < -0.3 is 19.6 Å². The zero-order valence-corrected chi connectivity index (χ0v) is 14.5. The zero-order valence-electron chi connectivity index (χ0n) is 13.7. The second-order valence-corrected chi connectivity index (χ2v) is 5.46. The zero-order chi connectivity index (χ0) is 16.9. The van der Waals surface area contributed by atoms with Crippen LogP contribution in [0.25, 0.3) is 11.4 Å². The molecule has 2 N–H and O–H groups in total. The molecular weight excluding hydrogens is 344 g/mol. The summed E-state index contributed by atoms with van der Waals surface area (Å²) in [5, 5.41) is 3.93. The van der Waals surface area contributed by atoms with E-state index in [2.05, 4.69) is 10.1 Å². The van der Waals surface area contributed by atoms with Crippen molar-refractivity contribution in [1.29, 1.82) is 0 Å². The van der Waals surface area contributed by atoms with Crippen molar-refractivity contribution in [2.24, 2.45) is 5.73 Å². The normalized spacial score (nSPS) is 11.6. The van der Waals surface area contributed by atoms with Crippen LogP contribution in [0.4, 0.5) is 0 Å². The number of nitrogens with two attached hydrogens (primary N) is 1. The Morgan fingerprint density at radius 3 is 2.68 bits per heavy atom. The summed E-state index contributed by atoms with van der Waals surface area (Å²) >= 11 is 0. The van der Waals surface area contributed by atoms with Gasteiger partial charge in [-0.2, -0.15) is 4.98 Å². The molecule has 25 heavy (non-hydrogen) atoms. The summed E-state index contributed by atoms with van der Waals surface area (Å²) in [6.07, 6.45) is 1.90. The van der Waals surface area contributed by atoms with Crippen LogP contribution < -0.4 is 5.73 Å². The molecule has 1 atom stereocenters. The quantitative estimate of drug-likeness (QED) is 0.722. The number of furan rings is 1. The highest BCUT2D eigenvalue weighted by atomic mass is 35.5. The van der Waals surface area contributed by atoms with Gasteiger partial charge in [-0.25, -0.2) is 0 Å². The van der Waals surface area contributed by atoms with E-state index < -0.39 is 6.04 Å². The number of aromatic nitrogens is 2. The lowest BCUT2D eigenvalue weighted by Crippen LogP contribution is -2.42. The Labute approximate surface area is 151 Å². The first-order valence-corrected chi connectivity index (χ1v) is 7.54. The lowest BCUT2D eigenvalue weighted by atomic mass is 10.1. The Balaban J connectivity index is 0.00000225. The molecule has 1 aromatic carbocycles. The van der Waals surface area contributed by atoms with Crippen LogP contribution in [0, 0.1) is 0 Å². The fraction of sp³-hybridized carbons (Fsp3) is 0.235. The molecule has 0 aliphatic heterocycles. The van der Waals surface area contributed by atoms with Gasteiger partial charge >= 0.3 is 0 Å². The molecular formula is C17H19ClN4O3. The van der Waals surface area contributed by atoms with Crippen LogP contribution in [0.1, 0.15) is 11.7 Å². The van der Waals surface area contributed by atoms with Crippen LogP contribution in [0.15, 0.2) is 57.7 Å². The minimum absolute atomic E-state index is 0. The number of hydrogen-bond donors (Lipinski definition) is 1. The first kappa shape index (κ1) is 18.7. The van der Waals surface area contributed by atoms with E-state index in [0.29, 0.717) is 23.9 Å². The number of benzene rings is 1. The number of rotatable bonds is 6. The smallest absolute Gasteiger partial charge is 0.246 e. The van der Waals surface area contributed by atoms with Gasteiger partial charge in [-0.05, 0) is 12.1 Å². The van der Waals surface area contributed by atoms with Gasteiger partial charge in [-0.1, -0.05) is 35.5 Å². The summed E-state index contributed by atoms with van der Waals surface area (Å²) in [6.45, 7) is 0.199. The van der Waals surface area contributed by atoms with Crippen molar-refractivity contribution in [2.75, 3.05) is 7.05 Å². The molecule has 0 saturated heterocycles. The SMILES string of the molecule is CN(Cc1nc(-c2ccccc2)no1)C(=O)[C@H](N)Cc1ccco1.Cl. The molecule has 3 rings (SSSR count). The first-order valence-electron chi connectivity index (χ1n) is 7.54. The van der Waals surface area contributed by atoms with Crippen LogP contribution in [0.2, 0.25) is 0 Å². The van der Waals surface area contributed by atoms with E-state index >= 15 is 0 Å². The predicted molar refractivity (Wildman–Crippen MR) is 93.8 cm³/mol. The van der Waals surface area contributed by atoms with Crippen molar-refractivity contribution in [1.82, 2.24) is 15.0 Å². The molecule has 2 aromatic heterocycles. The molecule has 0 aliphatic rings. The fourth-order valence-corrected chi connectivity index (χ4v) is 2.32. The number of amides is 1. The second-order valence-electron chi connectivity index (χ2n) is 5.46. The third kappa shape index (κ3) is 4.68. The van der Waals surface area contributed by atoms with E-state index in [1.807, 2.05) is 30.3 Å². The summed E-state index contributed by atoms with van der Waals surface area (Å²) in [7, 11) is 1.65. The molecule has 1 amide bonds. The number of halogens is 1. The highest BCUT2D eigenvalue weighted by Crippen LogP contribution is 2.15. The summed E-state index contributed by atoms with van der Waals surface area (Å²) < 4.78 is 10.4. The Bertz CT molecular complexity index is 789. The molecule has 2 heterocycles. The van der Waals surface area contributed by atoms with Gasteiger partial charge in [0.15, 0.2) is 0 Å². The first-order chi connectivity index (χ1) is 11.6. The Morgan fingerprint density at radius 1 is 1.24 bits per heavy atom. The van der Waals surface area contributed by atoms with Crippen LogP contribution in [-0.2, 0) is 17.8 Å². The number of nitrogens with zero attached hydrogens (tertiary/aromatic N) is 3. The third-order valence-corrected chi connectivity index (χ3v) is 3.57. The van der Waals surface area contributed by atoms with E-state index in [1.165, 1.54) is 4.90 Å². The molecule has 7 nitrogen and oxygen atoms in total. The van der Waals surface area contributed by atoms with Crippen molar-refractivity contribution < 1.29 is 13.7 Å². The number of carbonyl (C=O) groups is 1. The van der Waals surface area contributed by atoms with Gasteiger partial charge in [0.25, 0.3) is 0 Å². The summed E-state index contributed by atoms with van der Waals surface area (Å²) in [5.74, 6) is 1.31. The lowest BCUT2D eigenvalue weighted by molar-refractivity contribution is -0.132. The summed E-state index contributed by atoms with van der Waals surface area (Å²) in [5.41, 5.74) is 6.80. The fourth-order valence-electron chi connectivity index (χ4n) is 2.32. The second kappa shape index (κ2) is 8.46. The molecule has 0 spiro atoms. The van der Waals surface area contributed by atoms with Gasteiger partial charge in [-0.15, -0.1) is 12.4 Å². The average Bonchev–Trinajstić information content (AvgIpc) is 3.27. The van der Waals surface area contributed by atoms with Crippen LogP contribution in [-0.4, -0.2) is 34.0 Å². The summed E-state index contributed by atoms with van der Waals surface area (Å²) in [6, 6.07) is 12.4. The molecule has 132 valence electrons. The standard InChI is InChI=1S/C17H18N4O3.ClH/c1-21(17(22)14(18)10-13-8-5-9-23-13)11-15-19-16(20-24-15)12-6-3-2-4-7-12;/h2-9,14H,10-11,18H2,1H3;1H/t14-;/m1./s1. The number of likely N-dealkylation sites (N-methyl/N-ethyl adjacent to an activating group) is 1. The number of carbonyl (C=O) groups excluding carboxylic acids is 1. The Morgan fingerprint density at radius 2 is 2.00 bits per heavy atom. The van der Waals surface area contributed by atoms with Crippen molar-refractivity contribution in [3.63, 3.8) is 0 Å². The number of hydrogen-bond acceptors (Lipinski definition) is 6. The highest BCUT2D eigenvalue weighted by Gasteiger charge is 2.21. The molecule has 8 heteroatoms. The third-order valence-electron chi connectivity index (χ3n) is 3.57.